The molecule has 3 heteroatoms. The number of fused-ring (bicyclic) bond motifs is 3. The van der Waals surface area contributed by atoms with Crippen LogP contribution in [0, 0.1) is 0 Å². The second kappa shape index (κ2) is 3.62. The number of carbonyl (C=O) groups is 1. The van der Waals surface area contributed by atoms with E-state index in [2.05, 4.69) is 4.98 Å². The zero-order chi connectivity index (χ0) is 12.0. The van der Waals surface area contributed by atoms with E-state index in [9.17, 15) is 4.79 Å². The second-order valence-corrected chi connectivity index (χ2v) is 4.56. The summed E-state index contributed by atoms with van der Waals surface area (Å²) >= 11 is 0. The highest BCUT2D eigenvalue weighted by molar-refractivity contribution is 6.09. The van der Waals surface area contributed by atoms with Gasteiger partial charge in [-0.25, -0.2) is 0 Å². The van der Waals surface area contributed by atoms with E-state index in [1.165, 1.54) is 17.7 Å². The molecule has 2 aromatic rings. The second-order valence-electron chi connectivity index (χ2n) is 4.56. The van der Waals surface area contributed by atoms with Crippen molar-refractivity contribution in [3.05, 3.63) is 29.0 Å². The number of carbonyl (C=O) groups excluding carboxylic acids is 1. The molecule has 1 aliphatic carbocycles. The van der Waals surface area contributed by atoms with Gasteiger partial charge in [0.15, 0.2) is 5.78 Å². The van der Waals surface area contributed by atoms with E-state index in [1.807, 2.05) is 12.1 Å². The van der Waals surface area contributed by atoms with Crippen LogP contribution >= 0.6 is 0 Å². The molecule has 0 unspecified atom stereocenters. The summed E-state index contributed by atoms with van der Waals surface area (Å²) in [7, 11) is 1.66. The Morgan fingerprint density at radius 3 is 2.88 bits per heavy atom. The Hall–Kier alpha value is -1.77. The number of aromatic amines is 1. The third-order valence-electron chi connectivity index (χ3n) is 3.56. The Kier molecular flexibility index (Phi) is 2.21. The van der Waals surface area contributed by atoms with Gasteiger partial charge in [0.1, 0.15) is 5.75 Å². The number of methoxy groups -OCH3 is 1. The van der Waals surface area contributed by atoms with Crippen LogP contribution in [-0.4, -0.2) is 17.9 Å². The van der Waals surface area contributed by atoms with Crippen molar-refractivity contribution in [2.24, 2.45) is 0 Å². The molecule has 0 spiro atoms. The summed E-state index contributed by atoms with van der Waals surface area (Å²) in [6.45, 7) is 1.62. The molecule has 3 rings (SSSR count). The summed E-state index contributed by atoms with van der Waals surface area (Å²) in [6, 6.07) is 3.74. The van der Waals surface area contributed by atoms with Crippen LogP contribution in [0.25, 0.3) is 10.9 Å². The number of Topliss-reactive ketones (excluding diaryl/α,β-unsaturated/α-hetero) is 1. The zero-order valence-electron chi connectivity index (χ0n) is 10.1. The molecular formula is C14H15NO2. The minimum absolute atomic E-state index is 0.117. The summed E-state index contributed by atoms with van der Waals surface area (Å²) < 4.78 is 5.36. The van der Waals surface area contributed by atoms with Gasteiger partial charge in [0.05, 0.1) is 12.6 Å². The third kappa shape index (κ3) is 1.38. The average molecular weight is 229 g/mol. The molecule has 0 radical (unpaired) electrons. The number of ether oxygens (including phenoxy) is 1. The van der Waals surface area contributed by atoms with Crippen molar-refractivity contribution in [1.29, 1.82) is 0 Å². The molecule has 0 aliphatic heterocycles. The van der Waals surface area contributed by atoms with Gasteiger partial charge in [-0.05, 0) is 43.9 Å². The highest BCUT2D eigenvalue weighted by atomic mass is 16.5. The van der Waals surface area contributed by atoms with Crippen molar-refractivity contribution in [1.82, 2.24) is 4.98 Å². The normalized spacial score (nSPS) is 14.0. The smallest absolute Gasteiger partial charge is 0.160 e. The number of hydrogen-bond donors (Lipinski definition) is 1. The fourth-order valence-electron chi connectivity index (χ4n) is 2.79. The van der Waals surface area contributed by atoms with E-state index in [0.717, 1.165) is 35.1 Å². The van der Waals surface area contributed by atoms with E-state index in [0.29, 0.717) is 0 Å². The molecule has 3 nitrogen and oxygen atoms in total. The number of nitrogens with one attached hydrogen (secondary N) is 1. The minimum Gasteiger partial charge on any atom is -0.495 e. The summed E-state index contributed by atoms with van der Waals surface area (Å²) in [5.41, 5.74) is 4.36. The molecule has 0 atom stereocenters. The minimum atomic E-state index is 0.117. The van der Waals surface area contributed by atoms with Gasteiger partial charge in [0.25, 0.3) is 0 Å². The van der Waals surface area contributed by atoms with Crippen LogP contribution in [-0.2, 0) is 12.8 Å². The van der Waals surface area contributed by atoms with Crippen molar-refractivity contribution in [2.45, 2.75) is 26.2 Å². The number of H-pyrrole nitrogens is 1. The molecule has 1 aromatic heterocycles. The fourth-order valence-corrected chi connectivity index (χ4v) is 2.79. The maximum Gasteiger partial charge on any atom is 0.160 e. The number of aromatic nitrogens is 1. The maximum absolute atomic E-state index is 11.7. The monoisotopic (exact) mass is 229 g/mol. The predicted octanol–water partition coefficient (Wildman–Crippen LogP) is 2.87. The van der Waals surface area contributed by atoms with Crippen LogP contribution in [0.15, 0.2) is 12.1 Å². The summed E-state index contributed by atoms with van der Waals surface area (Å²) in [5, 5.41) is 1.07. The van der Waals surface area contributed by atoms with Crippen LogP contribution in [0.4, 0.5) is 0 Å². The van der Waals surface area contributed by atoms with E-state index in [-0.39, 0.29) is 5.78 Å². The van der Waals surface area contributed by atoms with Gasteiger partial charge in [-0.2, -0.15) is 0 Å². The molecule has 0 amide bonds. The van der Waals surface area contributed by atoms with Gasteiger partial charge in [-0.1, -0.05) is 0 Å². The van der Waals surface area contributed by atoms with Crippen LogP contribution < -0.4 is 4.74 Å². The number of hydrogen-bond acceptors (Lipinski definition) is 2. The fraction of sp³-hybridized carbons (Fsp3) is 0.357. The Morgan fingerprint density at radius 1 is 1.35 bits per heavy atom. The summed E-state index contributed by atoms with van der Waals surface area (Å²) in [6.07, 6.45) is 3.30. The lowest BCUT2D eigenvalue weighted by molar-refractivity contribution is 0.101. The lowest BCUT2D eigenvalue weighted by Crippen LogP contribution is -1.96. The van der Waals surface area contributed by atoms with E-state index in [4.69, 9.17) is 4.74 Å². The first kappa shape index (κ1) is 10.4. The molecule has 0 saturated carbocycles. The van der Waals surface area contributed by atoms with E-state index in [1.54, 1.807) is 14.0 Å². The number of benzene rings is 1. The van der Waals surface area contributed by atoms with Crippen LogP contribution in [0.1, 0.15) is 35.0 Å². The Balaban J connectivity index is 2.41. The largest absolute Gasteiger partial charge is 0.495 e. The molecule has 0 fully saturated rings. The van der Waals surface area contributed by atoms with Crippen molar-refractivity contribution in [2.75, 3.05) is 7.11 Å². The number of ketones is 1. The SMILES string of the molecule is COc1ccc(C(C)=O)c2c3c([nH]c12)CCC3. The molecule has 0 saturated heterocycles. The quantitative estimate of drug-likeness (QED) is 0.804. The Morgan fingerprint density at radius 2 is 2.18 bits per heavy atom. The van der Waals surface area contributed by atoms with Gasteiger partial charge < -0.3 is 9.72 Å². The lowest BCUT2D eigenvalue weighted by atomic mass is 10.0. The van der Waals surface area contributed by atoms with Crippen molar-refractivity contribution in [3.8, 4) is 5.75 Å². The van der Waals surface area contributed by atoms with E-state index >= 15 is 0 Å². The van der Waals surface area contributed by atoms with Crippen molar-refractivity contribution in [3.63, 3.8) is 0 Å². The van der Waals surface area contributed by atoms with Crippen LogP contribution in [0.5, 0.6) is 5.75 Å². The molecule has 1 N–H and O–H groups in total. The first-order valence-corrected chi connectivity index (χ1v) is 5.93. The topological polar surface area (TPSA) is 42.1 Å². The number of aryl methyl sites for hydroxylation is 2. The molecule has 17 heavy (non-hydrogen) atoms. The van der Waals surface area contributed by atoms with Gasteiger partial charge >= 0.3 is 0 Å². The lowest BCUT2D eigenvalue weighted by Gasteiger charge is -2.06. The molecule has 1 heterocycles. The zero-order valence-corrected chi connectivity index (χ0v) is 10.1. The van der Waals surface area contributed by atoms with Crippen molar-refractivity contribution >= 4 is 16.7 Å². The maximum atomic E-state index is 11.7. The van der Waals surface area contributed by atoms with Gasteiger partial charge in [-0.3, -0.25) is 4.79 Å². The highest BCUT2D eigenvalue weighted by Crippen LogP contribution is 2.36. The highest BCUT2D eigenvalue weighted by Gasteiger charge is 2.22. The van der Waals surface area contributed by atoms with Crippen LogP contribution in [0.2, 0.25) is 0 Å². The standard InChI is InChI=1S/C14H15NO2/c1-8(16)9-6-7-12(17-2)14-13(9)10-4-3-5-11(10)15-14/h6-7,15H,3-5H2,1-2H3. The average Bonchev–Trinajstić information content (AvgIpc) is 2.87. The summed E-state index contributed by atoms with van der Waals surface area (Å²) in [5.74, 6) is 0.936. The molecule has 88 valence electrons. The first-order chi connectivity index (χ1) is 8.22. The van der Waals surface area contributed by atoms with Gasteiger partial charge in [0, 0.05) is 16.6 Å². The third-order valence-corrected chi connectivity index (χ3v) is 3.56. The van der Waals surface area contributed by atoms with E-state index < -0.39 is 0 Å². The summed E-state index contributed by atoms with van der Waals surface area (Å²) in [4.78, 5) is 15.1. The molecule has 1 aromatic carbocycles. The predicted molar refractivity (Wildman–Crippen MR) is 66.9 cm³/mol. The first-order valence-electron chi connectivity index (χ1n) is 5.93. The van der Waals surface area contributed by atoms with Gasteiger partial charge in [-0.15, -0.1) is 0 Å². The van der Waals surface area contributed by atoms with Crippen molar-refractivity contribution < 1.29 is 9.53 Å². The van der Waals surface area contributed by atoms with Crippen LogP contribution in [0.3, 0.4) is 0 Å². The molecule has 0 bridgehead atoms. The Labute approximate surface area is 99.8 Å². The number of rotatable bonds is 2. The Bertz CT molecular complexity index is 610. The molecular weight excluding hydrogens is 214 g/mol. The van der Waals surface area contributed by atoms with Gasteiger partial charge in [0.2, 0.25) is 0 Å². The molecule has 1 aliphatic rings.